The van der Waals surface area contributed by atoms with Gasteiger partial charge < -0.3 is 9.15 Å². The quantitative estimate of drug-likeness (QED) is 0.742. The first-order valence-electron chi connectivity index (χ1n) is 9.81. The number of nitrogens with zero attached hydrogens (tertiary/aromatic N) is 1. The van der Waals surface area contributed by atoms with Gasteiger partial charge in [0.05, 0.1) is 6.61 Å². The van der Waals surface area contributed by atoms with Gasteiger partial charge in [-0.25, -0.2) is 9.59 Å². The minimum Gasteiger partial charge on any atom is -0.450 e. The number of carbonyl (C=O) groups is 1. The average Bonchev–Trinajstić information content (AvgIpc) is 3.52. The Kier molecular flexibility index (Phi) is 4.91. The summed E-state index contributed by atoms with van der Waals surface area (Å²) in [5.41, 5.74) is 1.66. The molecule has 1 amide bonds. The number of amides is 1. The van der Waals surface area contributed by atoms with Gasteiger partial charge >= 0.3 is 11.7 Å². The summed E-state index contributed by atoms with van der Waals surface area (Å²) in [4.78, 5) is 26.3. The fourth-order valence-corrected chi connectivity index (χ4v) is 3.78. The summed E-state index contributed by atoms with van der Waals surface area (Å²) >= 11 is 0. The van der Waals surface area contributed by atoms with Gasteiger partial charge in [0.2, 0.25) is 0 Å². The van der Waals surface area contributed by atoms with Crippen molar-refractivity contribution in [2.45, 2.75) is 58.2 Å². The highest BCUT2D eigenvalue weighted by atomic mass is 16.5. The predicted octanol–water partition coefficient (Wildman–Crippen LogP) is 4.12. The summed E-state index contributed by atoms with van der Waals surface area (Å²) in [6.07, 6.45) is 4.58. The molecule has 6 nitrogen and oxygen atoms in total. The van der Waals surface area contributed by atoms with E-state index < -0.39 is 6.09 Å². The van der Waals surface area contributed by atoms with Crippen molar-refractivity contribution in [3.8, 4) is 0 Å². The molecule has 0 spiro atoms. The number of fused-ring (bicyclic) bond motifs is 1. The van der Waals surface area contributed by atoms with Gasteiger partial charge in [0.25, 0.3) is 0 Å². The van der Waals surface area contributed by atoms with Gasteiger partial charge in [0.1, 0.15) is 5.58 Å². The molecule has 1 aromatic heterocycles. The predicted molar refractivity (Wildman–Crippen MR) is 104 cm³/mol. The molecule has 144 valence electrons. The van der Waals surface area contributed by atoms with Crippen molar-refractivity contribution >= 4 is 22.7 Å². The Balaban J connectivity index is 1.62. The second-order valence-electron chi connectivity index (χ2n) is 7.63. The highest BCUT2D eigenvalue weighted by Gasteiger charge is 2.39. The standard InChI is InChI=1S/C21H26N2O4/c1-3-26-21(25)22-16-6-9-18-15(10-20(24)27-19(18)11-16)12-23(17-7-8-17)13(2)14-4-5-14/h6,9-11,13-14,17H,3-5,7-8,12H2,1-2H3,(H,22,25). The first-order chi connectivity index (χ1) is 13.0. The van der Waals surface area contributed by atoms with Crippen LogP contribution in [0, 0.1) is 5.92 Å². The van der Waals surface area contributed by atoms with E-state index in [-0.39, 0.29) is 5.63 Å². The van der Waals surface area contributed by atoms with Gasteiger partial charge in [-0.3, -0.25) is 10.2 Å². The molecule has 2 aliphatic carbocycles. The molecule has 1 aromatic carbocycles. The van der Waals surface area contributed by atoms with E-state index in [1.54, 1.807) is 19.1 Å². The van der Waals surface area contributed by atoms with E-state index in [9.17, 15) is 9.59 Å². The molecule has 2 aliphatic rings. The van der Waals surface area contributed by atoms with E-state index in [1.165, 1.54) is 25.7 Å². The lowest BCUT2D eigenvalue weighted by molar-refractivity contribution is 0.168. The number of hydrogen-bond donors (Lipinski definition) is 1. The first kappa shape index (κ1) is 18.0. The molecule has 6 heteroatoms. The van der Waals surface area contributed by atoms with Crippen molar-refractivity contribution in [1.29, 1.82) is 0 Å². The van der Waals surface area contributed by atoms with Crippen molar-refractivity contribution in [3.05, 3.63) is 40.2 Å². The topological polar surface area (TPSA) is 71.8 Å². The highest BCUT2D eigenvalue weighted by molar-refractivity contribution is 5.89. The molecule has 1 atom stereocenters. The van der Waals surface area contributed by atoms with Crippen LogP contribution in [-0.4, -0.2) is 29.7 Å². The van der Waals surface area contributed by atoms with Crippen molar-refractivity contribution in [2.75, 3.05) is 11.9 Å². The van der Waals surface area contributed by atoms with E-state index in [4.69, 9.17) is 9.15 Å². The van der Waals surface area contributed by atoms with Gasteiger partial charge in [-0.2, -0.15) is 0 Å². The third-order valence-corrected chi connectivity index (χ3v) is 5.55. The number of ether oxygens (including phenoxy) is 1. The van der Waals surface area contributed by atoms with Gasteiger partial charge in [-0.05, 0) is 63.1 Å². The molecule has 4 rings (SSSR count). The van der Waals surface area contributed by atoms with Crippen LogP contribution in [0.5, 0.6) is 0 Å². The lowest BCUT2D eigenvalue weighted by Crippen LogP contribution is -2.36. The minimum atomic E-state index is -0.520. The highest BCUT2D eigenvalue weighted by Crippen LogP contribution is 2.40. The van der Waals surface area contributed by atoms with Crippen LogP contribution in [0.1, 0.15) is 45.1 Å². The summed E-state index contributed by atoms with van der Waals surface area (Å²) in [7, 11) is 0. The normalized spacial score (nSPS) is 17.9. The third kappa shape index (κ3) is 4.16. The monoisotopic (exact) mass is 370 g/mol. The lowest BCUT2D eigenvalue weighted by Gasteiger charge is -2.29. The van der Waals surface area contributed by atoms with E-state index in [1.807, 2.05) is 12.1 Å². The Bertz CT molecular complexity index is 899. The Labute approximate surface area is 158 Å². The fourth-order valence-electron chi connectivity index (χ4n) is 3.78. The van der Waals surface area contributed by atoms with Crippen molar-refractivity contribution in [1.82, 2.24) is 4.90 Å². The number of nitrogens with one attached hydrogen (secondary N) is 1. The SMILES string of the molecule is CCOC(=O)Nc1ccc2c(CN(C3CC3)C(C)C3CC3)cc(=O)oc2c1. The molecule has 0 saturated heterocycles. The third-order valence-electron chi connectivity index (χ3n) is 5.55. The van der Waals surface area contributed by atoms with Gasteiger partial charge in [-0.1, -0.05) is 0 Å². The Morgan fingerprint density at radius 2 is 2.07 bits per heavy atom. The number of anilines is 1. The molecule has 1 unspecified atom stereocenters. The molecule has 0 bridgehead atoms. The van der Waals surface area contributed by atoms with Crippen molar-refractivity contribution < 1.29 is 13.9 Å². The number of rotatable bonds is 7. The first-order valence-corrected chi connectivity index (χ1v) is 9.81. The smallest absolute Gasteiger partial charge is 0.411 e. The van der Waals surface area contributed by atoms with Crippen molar-refractivity contribution in [3.63, 3.8) is 0 Å². The molecule has 0 aliphatic heterocycles. The summed E-state index contributed by atoms with van der Waals surface area (Å²) < 4.78 is 10.3. The van der Waals surface area contributed by atoms with Crippen LogP contribution < -0.4 is 10.9 Å². The van der Waals surface area contributed by atoms with Crippen molar-refractivity contribution in [2.24, 2.45) is 5.92 Å². The van der Waals surface area contributed by atoms with Crippen LogP contribution >= 0.6 is 0 Å². The Morgan fingerprint density at radius 3 is 2.74 bits per heavy atom. The van der Waals surface area contributed by atoms with E-state index in [0.717, 1.165) is 23.4 Å². The zero-order valence-corrected chi connectivity index (χ0v) is 15.9. The molecule has 2 saturated carbocycles. The minimum absolute atomic E-state index is 0.300. The largest absolute Gasteiger partial charge is 0.450 e. The van der Waals surface area contributed by atoms with Gasteiger partial charge in [-0.15, -0.1) is 0 Å². The van der Waals surface area contributed by atoms with Crippen LogP contribution in [0.4, 0.5) is 10.5 Å². The molecule has 1 N–H and O–H groups in total. The van der Waals surface area contributed by atoms with Crippen LogP contribution in [0.3, 0.4) is 0 Å². The van der Waals surface area contributed by atoms with E-state index in [0.29, 0.717) is 30.0 Å². The zero-order valence-electron chi connectivity index (χ0n) is 15.9. The van der Waals surface area contributed by atoms with Crippen LogP contribution in [0.25, 0.3) is 11.0 Å². The molecular weight excluding hydrogens is 344 g/mol. The van der Waals surface area contributed by atoms with Crippen LogP contribution in [0.15, 0.2) is 33.5 Å². The summed E-state index contributed by atoms with van der Waals surface area (Å²) in [5.74, 6) is 0.789. The lowest BCUT2D eigenvalue weighted by atomic mass is 10.1. The maximum absolute atomic E-state index is 12.1. The van der Waals surface area contributed by atoms with E-state index >= 15 is 0 Å². The average molecular weight is 370 g/mol. The maximum Gasteiger partial charge on any atom is 0.411 e. The maximum atomic E-state index is 12.1. The summed E-state index contributed by atoms with van der Waals surface area (Å²) in [6, 6.07) is 8.19. The molecule has 0 radical (unpaired) electrons. The number of benzene rings is 1. The fraction of sp³-hybridized carbons (Fsp3) is 0.524. The number of hydrogen-bond acceptors (Lipinski definition) is 5. The van der Waals surface area contributed by atoms with Crippen LogP contribution in [-0.2, 0) is 11.3 Å². The Hall–Kier alpha value is -2.34. The molecule has 27 heavy (non-hydrogen) atoms. The molecule has 2 fully saturated rings. The second-order valence-corrected chi connectivity index (χ2v) is 7.63. The summed E-state index contributed by atoms with van der Waals surface area (Å²) in [6.45, 7) is 5.12. The second kappa shape index (κ2) is 7.35. The van der Waals surface area contributed by atoms with Gasteiger partial charge in [0.15, 0.2) is 0 Å². The molecule has 1 heterocycles. The van der Waals surface area contributed by atoms with Crippen LogP contribution in [0.2, 0.25) is 0 Å². The van der Waals surface area contributed by atoms with E-state index in [2.05, 4.69) is 17.1 Å². The van der Waals surface area contributed by atoms with Gasteiger partial charge in [0, 0.05) is 41.8 Å². The molecular formula is C21H26N2O4. The Morgan fingerprint density at radius 1 is 1.30 bits per heavy atom. The number of carbonyl (C=O) groups excluding carboxylic acids is 1. The zero-order chi connectivity index (χ0) is 19.0. The molecule has 2 aromatic rings. The summed E-state index contributed by atoms with van der Waals surface area (Å²) in [5, 5.41) is 3.57.